The van der Waals surface area contributed by atoms with Crippen LogP contribution in [0.25, 0.3) is 22.3 Å². The zero-order valence-corrected chi connectivity index (χ0v) is 17.6. The number of aromatic amines is 1. The number of nitrogens with two attached hydrogens (primary N) is 1. The van der Waals surface area contributed by atoms with Crippen LogP contribution in [-0.4, -0.2) is 27.4 Å². The lowest BCUT2D eigenvalue weighted by Gasteiger charge is -2.21. The number of rotatable bonds is 5. The van der Waals surface area contributed by atoms with Crippen molar-refractivity contribution in [3.63, 3.8) is 0 Å². The van der Waals surface area contributed by atoms with Gasteiger partial charge < -0.3 is 21.4 Å². The molecule has 0 fully saturated rings. The second-order valence-electron chi connectivity index (χ2n) is 7.95. The average molecular weight is 430 g/mol. The van der Waals surface area contributed by atoms with Gasteiger partial charge in [0.25, 0.3) is 5.91 Å². The smallest absolute Gasteiger partial charge is 0.250 e. The van der Waals surface area contributed by atoms with Crippen LogP contribution in [0, 0.1) is 12.7 Å². The summed E-state index contributed by atoms with van der Waals surface area (Å²) in [6.07, 6.45) is 1.81. The predicted octanol–water partition coefficient (Wildman–Crippen LogP) is 4.14. The molecule has 0 bridgehead atoms. The maximum Gasteiger partial charge on any atom is 0.250 e. The van der Waals surface area contributed by atoms with Crippen LogP contribution in [-0.2, 0) is 13.0 Å². The summed E-state index contributed by atoms with van der Waals surface area (Å²) < 4.78 is 13.6. The van der Waals surface area contributed by atoms with E-state index in [4.69, 9.17) is 15.7 Å². The third-order valence-electron chi connectivity index (χ3n) is 5.74. The SMILES string of the molecule is Cc1[nH]c2c(C(N)=O)cccc2c1-c1nc2c(c(NCc3cccc(F)c3)n1)NCCC2. The van der Waals surface area contributed by atoms with Crippen molar-refractivity contribution in [3.05, 3.63) is 70.8 Å². The molecule has 0 aliphatic carbocycles. The summed E-state index contributed by atoms with van der Waals surface area (Å²) in [5, 5.41) is 7.59. The van der Waals surface area contributed by atoms with Crippen molar-refractivity contribution >= 4 is 28.3 Å². The molecule has 32 heavy (non-hydrogen) atoms. The number of halogens is 1. The number of carbonyl (C=O) groups is 1. The van der Waals surface area contributed by atoms with E-state index >= 15 is 0 Å². The number of aromatic nitrogens is 3. The summed E-state index contributed by atoms with van der Waals surface area (Å²) in [4.78, 5) is 24.9. The number of hydrogen-bond donors (Lipinski definition) is 4. The maximum atomic E-state index is 13.6. The van der Waals surface area contributed by atoms with Gasteiger partial charge in [0.15, 0.2) is 11.6 Å². The molecule has 5 N–H and O–H groups in total. The molecule has 0 atom stereocenters. The number of anilines is 2. The molecule has 0 saturated carbocycles. The molecule has 7 nitrogen and oxygen atoms in total. The summed E-state index contributed by atoms with van der Waals surface area (Å²) in [6, 6.07) is 11.9. The van der Waals surface area contributed by atoms with Gasteiger partial charge in [-0.25, -0.2) is 14.4 Å². The Morgan fingerprint density at radius 3 is 2.88 bits per heavy atom. The Hall–Kier alpha value is -3.94. The van der Waals surface area contributed by atoms with Crippen LogP contribution in [0.15, 0.2) is 42.5 Å². The van der Waals surface area contributed by atoms with E-state index in [1.807, 2.05) is 25.1 Å². The van der Waals surface area contributed by atoms with E-state index in [9.17, 15) is 9.18 Å². The maximum absolute atomic E-state index is 13.6. The third kappa shape index (κ3) is 3.53. The van der Waals surface area contributed by atoms with E-state index in [1.165, 1.54) is 12.1 Å². The molecule has 0 radical (unpaired) electrons. The number of amides is 1. The van der Waals surface area contributed by atoms with E-state index in [2.05, 4.69) is 15.6 Å². The van der Waals surface area contributed by atoms with Crippen molar-refractivity contribution in [2.45, 2.75) is 26.3 Å². The fraction of sp³-hybridized carbons (Fsp3) is 0.208. The lowest BCUT2D eigenvalue weighted by molar-refractivity contribution is 0.100. The van der Waals surface area contributed by atoms with Crippen molar-refractivity contribution in [1.82, 2.24) is 15.0 Å². The molecule has 2 aromatic heterocycles. The van der Waals surface area contributed by atoms with Crippen LogP contribution in [0.5, 0.6) is 0 Å². The van der Waals surface area contributed by atoms with Gasteiger partial charge in [0.1, 0.15) is 5.82 Å². The number of nitrogens with zero attached hydrogens (tertiary/aromatic N) is 2. The lowest BCUT2D eigenvalue weighted by atomic mass is 10.1. The zero-order chi connectivity index (χ0) is 22.2. The van der Waals surface area contributed by atoms with Crippen LogP contribution in [0.4, 0.5) is 15.9 Å². The van der Waals surface area contributed by atoms with Crippen molar-refractivity contribution in [2.75, 3.05) is 17.2 Å². The molecule has 2 aromatic carbocycles. The molecule has 0 spiro atoms. The molecule has 5 rings (SSSR count). The van der Waals surface area contributed by atoms with Gasteiger partial charge in [-0.1, -0.05) is 24.3 Å². The van der Waals surface area contributed by atoms with Crippen molar-refractivity contribution in [1.29, 1.82) is 0 Å². The first-order chi connectivity index (χ1) is 15.5. The number of hydrogen-bond acceptors (Lipinski definition) is 5. The Morgan fingerprint density at radius 1 is 1.22 bits per heavy atom. The molecule has 1 aliphatic rings. The number of carbonyl (C=O) groups excluding carboxylic acids is 1. The quantitative estimate of drug-likeness (QED) is 0.381. The van der Waals surface area contributed by atoms with Crippen LogP contribution in [0.1, 0.15) is 33.7 Å². The fourth-order valence-corrected chi connectivity index (χ4v) is 4.26. The van der Waals surface area contributed by atoms with Gasteiger partial charge in [-0.05, 0) is 43.5 Å². The van der Waals surface area contributed by atoms with Gasteiger partial charge in [-0.2, -0.15) is 0 Å². The molecule has 8 heteroatoms. The van der Waals surface area contributed by atoms with Crippen LogP contribution >= 0.6 is 0 Å². The Kier molecular flexibility index (Phi) is 4.97. The normalized spacial score (nSPS) is 12.9. The molecule has 0 saturated heterocycles. The molecule has 1 amide bonds. The number of aryl methyl sites for hydroxylation is 2. The summed E-state index contributed by atoms with van der Waals surface area (Å²) in [7, 11) is 0. The molecule has 3 heterocycles. The molecular weight excluding hydrogens is 407 g/mol. The number of benzene rings is 2. The first-order valence-electron chi connectivity index (χ1n) is 10.6. The van der Waals surface area contributed by atoms with E-state index < -0.39 is 5.91 Å². The van der Waals surface area contributed by atoms with Gasteiger partial charge in [0.05, 0.1) is 22.5 Å². The zero-order valence-electron chi connectivity index (χ0n) is 17.6. The van der Waals surface area contributed by atoms with Crippen LogP contribution in [0.2, 0.25) is 0 Å². The summed E-state index contributed by atoms with van der Waals surface area (Å²) in [5.74, 6) is 0.484. The second kappa shape index (κ2) is 7.96. The molecular formula is C24H23FN6O. The minimum Gasteiger partial charge on any atom is -0.381 e. The van der Waals surface area contributed by atoms with E-state index in [0.717, 1.165) is 53.0 Å². The topological polar surface area (TPSA) is 109 Å². The van der Waals surface area contributed by atoms with E-state index in [1.54, 1.807) is 12.1 Å². The Morgan fingerprint density at radius 2 is 2.06 bits per heavy atom. The molecule has 1 aliphatic heterocycles. The van der Waals surface area contributed by atoms with Gasteiger partial charge in [-0.3, -0.25) is 4.79 Å². The van der Waals surface area contributed by atoms with Crippen molar-refractivity contribution in [2.24, 2.45) is 5.73 Å². The molecule has 0 unspecified atom stereocenters. The van der Waals surface area contributed by atoms with Gasteiger partial charge in [0.2, 0.25) is 0 Å². The molecule has 4 aromatic rings. The minimum atomic E-state index is -0.489. The Balaban J connectivity index is 1.61. The first-order valence-corrected chi connectivity index (χ1v) is 10.6. The Bertz CT molecular complexity index is 1350. The third-order valence-corrected chi connectivity index (χ3v) is 5.74. The highest BCUT2D eigenvalue weighted by atomic mass is 19.1. The van der Waals surface area contributed by atoms with E-state index in [-0.39, 0.29) is 5.82 Å². The first kappa shape index (κ1) is 20.0. The predicted molar refractivity (Wildman–Crippen MR) is 123 cm³/mol. The molecule has 162 valence electrons. The second-order valence-corrected chi connectivity index (χ2v) is 7.95. The summed E-state index contributed by atoms with van der Waals surface area (Å²) in [5.41, 5.74) is 11.0. The highest BCUT2D eigenvalue weighted by molar-refractivity contribution is 6.09. The van der Waals surface area contributed by atoms with Crippen molar-refractivity contribution < 1.29 is 9.18 Å². The number of para-hydroxylation sites is 1. The summed E-state index contributed by atoms with van der Waals surface area (Å²) >= 11 is 0. The van der Waals surface area contributed by atoms with Crippen molar-refractivity contribution in [3.8, 4) is 11.4 Å². The largest absolute Gasteiger partial charge is 0.381 e. The number of fused-ring (bicyclic) bond motifs is 2. The highest BCUT2D eigenvalue weighted by Crippen LogP contribution is 2.36. The van der Waals surface area contributed by atoms with Gasteiger partial charge in [0, 0.05) is 29.7 Å². The number of H-pyrrole nitrogens is 1. The van der Waals surface area contributed by atoms with Gasteiger partial charge >= 0.3 is 0 Å². The number of nitrogens with one attached hydrogen (secondary N) is 3. The monoisotopic (exact) mass is 430 g/mol. The lowest BCUT2D eigenvalue weighted by Crippen LogP contribution is -2.17. The van der Waals surface area contributed by atoms with Crippen LogP contribution in [0.3, 0.4) is 0 Å². The average Bonchev–Trinajstić information content (AvgIpc) is 3.13. The summed E-state index contributed by atoms with van der Waals surface area (Å²) in [6.45, 7) is 3.21. The fourth-order valence-electron chi connectivity index (χ4n) is 4.26. The Labute approximate surface area is 184 Å². The minimum absolute atomic E-state index is 0.271. The standard InChI is InChI=1S/C24H23FN6O/c1-13-19(16-7-3-8-17(22(26)32)20(16)29-13)23-30-18-9-4-10-27-21(18)24(31-23)28-12-14-5-2-6-15(25)11-14/h2-3,5-8,11,27,29H,4,9-10,12H2,1H3,(H2,26,32)(H,28,30,31). The van der Waals surface area contributed by atoms with Crippen LogP contribution < -0.4 is 16.4 Å². The number of primary amides is 1. The highest BCUT2D eigenvalue weighted by Gasteiger charge is 2.22. The van der Waals surface area contributed by atoms with E-state index in [0.29, 0.717) is 29.3 Å². The van der Waals surface area contributed by atoms with Gasteiger partial charge in [-0.15, -0.1) is 0 Å².